The minimum Gasteiger partial charge on any atom is -0.379 e. The van der Waals surface area contributed by atoms with Crippen LogP contribution in [-0.4, -0.2) is 37.5 Å². The molecule has 0 aromatic heterocycles. The molecule has 3 heteroatoms. The lowest BCUT2D eigenvalue weighted by Crippen LogP contribution is -2.41. The number of nitrogens with one attached hydrogen (secondary N) is 1. The van der Waals surface area contributed by atoms with Crippen LogP contribution in [0.2, 0.25) is 0 Å². The summed E-state index contributed by atoms with van der Waals surface area (Å²) >= 11 is 0. The van der Waals surface area contributed by atoms with Crippen LogP contribution in [0.15, 0.2) is 11.6 Å². The van der Waals surface area contributed by atoms with Crippen LogP contribution in [0.25, 0.3) is 0 Å². The Bertz CT molecular complexity index is 280. The molecule has 0 spiro atoms. The second-order valence-corrected chi connectivity index (χ2v) is 5.90. The third kappa shape index (κ3) is 4.09. The normalized spacial score (nSPS) is 33.9. The van der Waals surface area contributed by atoms with Crippen LogP contribution in [0, 0.1) is 0 Å². The average Bonchev–Trinajstić information content (AvgIpc) is 2.59. The molecule has 2 rings (SSSR count). The lowest BCUT2D eigenvalue weighted by molar-refractivity contribution is 0.00476. The summed E-state index contributed by atoms with van der Waals surface area (Å²) in [6, 6.07) is 0.481. The molecule has 3 nitrogen and oxygen atoms in total. The van der Waals surface area contributed by atoms with E-state index in [1.807, 2.05) is 0 Å². The van der Waals surface area contributed by atoms with Crippen molar-refractivity contribution in [2.24, 2.45) is 0 Å². The Kier molecular flexibility index (Phi) is 4.23. The summed E-state index contributed by atoms with van der Waals surface area (Å²) in [5.74, 6) is 0. The first kappa shape index (κ1) is 13.1. The Morgan fingerprint density at radius 2 is 2.29 bits per heavy atom. The molecule has 2 aliphatic heterocycles. The van der Waals surface area contributed by atoms with Crippen LogP contribution in [0.5, 0.6) is 0 Å². The quantitative estimate of drug-likeness (QED) is 0.766. The van der Waals surface area contributed by atoms with E-state index in [1.165, 1.54) is 5.57 Å². The molecule has 17 heavy (non-hydrogen) atoms. The van der Waals surface area contributed by atoms with E-state index in [0.29, 0.717) is 12.1 Å². The third-order valence-corrected chi connectivity index (χ3v) is 3.54. The van der Waals surface area contributed by atoms with Gasteiger partial charge < -0.3 is 14.8 Å². The van der Waals surface area contributed by atoms with E-state index in [9.17, 15) is 0 Å². The predicted octanol–water partition coefficient (Wildman–Crippen LogP) is 2.27. The lowest BCUT2D eigenvalue weighted by Gasteiger charge is -2.24. The SMILES string of the molecule is CC(=CC1CCC(C)(C)O1)CC1COCCN1. The second-order valence-electron chi connectivity index (χ2n) is 5.90. The Balaban J connectivity index is 1.80. The fourth-order valence-electron chi connectivity index (χ4n) is 2.66. The molecule has 0 amide bonds. The zero-order valence-electron chi connectivity index (χ0n) is 11.3. The minimum absolute atomic E-state index is 0.0631. The lowest BCUT2D eigenvalue weighted by atomic mass is 10.0. The number of hydrogen-bond acceptors (Lipinski definition) is 3. The highest BCUT2D eigenvalue weighted by atomic mass is 16.5. The number of rotatable bonds is 3. The molecule has 0 aromatic rings. The minimum atomic E-state index is 0.0631. The summed E-state index contributed by atoms with van der Waals surface area (Å²) in [7, 11) is 0. The van der Waals surface area contributed by atoms with Gasteiger partial charge in [0.15, 0.2) is 0 Å². The molecule has 2 atom stereocenters. The van der Waals surface area contributed by atoms with Gasteiger partial charge in [-0.2, -0.15) is 0 Å². The summed E-state index contributed by atoms with van der Waals surface area (Å²) < 4.78 is 11.4. The molecule has 2 aliphatic rings. The van der Waals surface area contributed by atoms with E-state index in [2.05, 4.69) is 32.2 Å². The van der Waals surface area contributed by atoms with Gasteiger partial charge >= 0.3 is 0 Å². The van der Waals surface area contributed by atoms with Gasteiger partial charge in [-0.25, -0.2) is 0 Å². The fraction of sp³-hybridized carbons (Fsp3) is 0.857. The van der Waals surface area contributed by atoms with E-state index >= 15 is 0 Å². The van der Waals surface area contributed by atoms with Gasteiger partial charge in [0, 0.05) is 12.6 Å². The molecule has 98 valence electrons. The highest BCUT2D eigenvalue weighted by Gasteiger charge is 2.30. The Labute approximate surface area is 105 Å². The molecule has 0 bridgehead atoms. The molecule has 1 N–H and O–H groups in total. The van der Waals surface area contributed by atoms with Crippen LogP contribution in [0.1, 0.15) is 40.0 Å². The van der Waals surface area contributed by atoms with Gasteiger partial charge in [-0.1, -0.05) is 11.6 Å². The first-order chi connectivity index (χ1) is 8.05. The smallest absolute Gasteiger partial charge is 0.0766 e. The van der Waals surface area contributed by atoms with Crippen LogP contribution < -0.4 is 5.32 Å². The van der Waals surface area contributed by atoms with Gasteiger partial charge in [-0.05, 0) is 40.0 Å². The first-order valence-corrected chi connectivity index (χ1v) is 6.71. The highest BCUT2D eigenvalue weighted by Crippen LogP contribution is 2.30. The van der Waals surface area contributed by atoms with Crippen molar-refractivity contribution in [3.8, 4) is 0 Å². The Morgan fingerprint density at radius 3 is 2.88 bits per heavy atom. The summed E-state index contributed by atoms with van der Waals surface area (Å²) in [5, 5.41) is 3.48. The summed E-state index contributed by atoms with van der Waals surface area (Å²) in [6.07, 6.45) is 5.99. The van der Waals surface area contributed by atoms with Gasteiger partial charge in [0.05, 0.1) is 24.9 Å². The standard InChI is InChI=1S/C14H25NO2/c1-11(8-12-10-16-7-6-15-12)9-13-4-5-14(2,3)17-13/h9,12-13,15H,4-8,10H2,1-3H3. The van der Waals surface area contributed by atoms with Gasteiger partial charge in [0.1, 0.15) is 0 Å². The molecule has 0 aromatic carbocycles. The molecule has 2 unspecified atom stereocenters. The maximum Gasteiger partial charge on any atom is 0.0766 e. The predicted molar refractivity (Wildman–Crippen MR) is 69.2 cm³/mol. The van der Waals surface area contributed by atoms with Crippen LogP contribution in [-0.2, 0) is 9.47 Å². The first-order valence-electron chi connectivity index (χ1n) is 6.71. The van der Waals surface area contributed by atoms with Crippen molar-refractivity contribution in [2.75, 3.05) is 19.8 Å². The molecule has 0 aliphatic carbocycles. The summed E-state index contributed by atoms with van der Waals surface area (Å²) in [4.78, 5) is 0. The van der Waals surface area contributed by atoms with Crippen molar-refractivity contribution in [1.29, 1.82) is 0 Å². The van der Waals surface area contributed by atoms with E-state index in [1.54, 1.807) is 0 Å². The van der Waals surface area contributed by atoms with Crippen molar-refractivity contribution in [2.45, 2.75) is 57.8 Å². The van der Waals surface area contributed by atoms with Crippen molar-refractivity contribution < 1.29 is 9.47 Å². The van der Waals surface area contributed by atoms with Crippen molar-refractivity contribution in [3.63, 3.8) is 0 Å². The van der Waals surface area contributed by atoms with E-state index in [4.69, 9.17) is 9.47 Å². The summed E-state index contributed by atoms with van der Waals surface area (Å²) in [6.45, 7) is 9.21. The van der Waals surface area contributed by atoms with Crippen LogP contribution in [0.4, 0.5) is 0 Å². The zero-order valence-corrected chi connectivity index (χ0v) is 11.3. The Hall–Kier alpha value is -0.380. The van der Waals surface area contributed by atoms with Crippen LogP contribution >= 0.6 is 0 Å². The Morgan fingerprint density at radius 1 is 1.47 bits per heavy atom. The molecule has 0 saturated carbocycles. The molecular weight excluding hydrogens is 214 g/mol. The molecule has 2 saturated heterocycles. The van der Waals surface area contributed by atoms with Gasteiger partial charge in [-0.15, -0.1) is 0 Å². The molecule has 2 fully saturated rings. The number of hydrogen-bond donors (Lipinski definition) is 1. The van der Waals surface area contributed by atoms with E-state index < -0.39 is 0 Å². The van der Waals surface area contributed by atoms with Gasteiger partial charge in [0.25, 0.3) is 0 Å². The maximum absolute atomic E-state index is 5.98. The zero-order chi connectivity index (χ0) is 12.3. The van der Waals surface area contributed by atoms with Crippen molar-refractivity contribution in [1.82, 2.24) is 5.32 Å². The monoisotopic (exact) mass is 239 g/mol. The maximum atomic E-state index is 5.98. The van der Waals surface area contributed by atoms with E-state index in [0.717, 1.165) is 39.0 Å². The number of ether oxygens (including phenoxy) is 2. The average molecular weight is 239 g/mol. The second kappa shape index (κ2) is 5.51. The third-order valence-electron chi connectivity index (χ3n) is 3.54. The topological polar surface area (TPSA) is 30.5 Å². The van der Waals surface area contributed by atoms with E-state index in [-0.39, 0.29) is 5.60 Å². The van der Waals surface area contributed by atoms with Crippen LogP contribution in [0.3, 0.4) is 0 Å². The molecular formula is C14H25NO2. The van der Waals surface area contributed by atoms with Gasteiger partial charge in [-0.3, -0.25) is 0 Å². The fourth-order valence-corrected chi connectivity index (χ4v) is 2.66. The summed E-state index contributed by atoms with van der Waals surface area (Å²) in [5.41, 5.74) is 1.48. The number of morpholine rings is 1. The molecule has 2 heterocycles. The highest BCUT2D eigenvalue weighted by molar-refractivity contribution is 5.07. The van der Waals surface area contributed by atoms with Crippen molar-refractivity contribution >= 4 is 0 Å². The molecule has 0 radical (unpaired) electrons. The van der Waals surface area contributed by atoms with Crippen molar-refractivity contribution in [3.05, 3.63) is 11.6 Å². The largest absolute Gasteiger partial charge is 0.379 e. The van der Waals surface area contributed by atoms with Gasteiger partial charge in [0.2, 0.25) is 0 Å².